The molecule has 0 saturated carbocycles. The van der Waals surface area contributed by atoms with Gasteiger partial charge in [-0.2, -0.15) is 39.5 Å². The number of fused-ring (bicyclic) bond motifs is 1. The van der Waals surface area contributed by atoms with Crippen molar-refractivity contribution in [2.75, 3.05) is 7.11 Å². The number of methoxy groups -OCH3 is 1. The van der Waals surface area contributed by atoms with Crippen molar-refractivity contribution in [3.05, 3.63) is 81.5 Å². The minimum Gasteiger partial charge on any atom is -0.481 e. The third-order valence-electron chi connectivity index (χ3n) is 7.44. The molecule has 1 aromatic heterocycles. The third kappa shape index (κ3) is 5.93. The number of carbonyl (C=O) groups is 1. The fraction of sp³-hybridized carbons (Fsp3) is 0.357. The first kappa shape index (κ1) is 30.8. The Labute approximate surface area is 243 Å². The number of hydrogen-bond donors (Lipinski definition) is 0. The number of ether oxygens (including phenoxy) is 2. The lowest BCUT2D eigenvalue weighted by atomic mass is 9.84. The zero-order chi connectivity index (χ0) is 31.5. The molecule has 0 unspecified atom stereocenters. The molecule has 15 heteroatoms. The van der Waals surface area contributed by atoms with Crippen LogP contribution in [0.15, 0.2) is 48.7 Å². The Kier molecular flexibility index (Phi) is 7.72. The van der Waals surface area contributed by atoms with Crippen molar-refractivity contribution in [3.63, 3.8) is 0 Å². The molecule has 2 saturated heterocycles. The van der Waals surface area contributed by atoms with Gasteiger partial charge in [-0.25, -0.2) is 9.78 Å². The Morgan fingerprint density at radius 2 is 1.49 bits per heavy atom. The highest BCUT2D eigenvalue weighted by Gasteiger charge is 2.50. The van der Waals surface area contributed by atoms with E-state index in [1.54, 1.807) is 0 Å². The summed E-state index contributed by atoms with van der Waals surface area (Å²) in [6, 6.07) is 3.01. The normalized spacial score (nSPS) is 21.0. The van der Waals surface area contributed by atoms with Crippen LogP contribution < -0.4 is 4.74 Å². The van der Waals surface area contributed by atoms with Gasteiger partial charge in [0.1, 0.15) is 6.10 Å². The Hall–Kier alpha value is -3.68. The number of piperidine rings is 1. The predicted molar refractivity (Wildman–Crippen MR) is 134 cm³/mol. The molecule has 1 amide bonds. The Balaban J connectivity index is 1.64. The van der Waals surface area contributed by atoms with E-state index in [1.807, 2.05) is 0 Å². The number of carbonyl (C=O) groups excluding carboxylic acids is 1. The quantitative estimate of drug-likeness (QED) is 0.267. The summed E-state index contributed by atoms with van der Waals surface area (Å²) in [5.41, 5.74) is -4.36. The van der Waals surface area contributed by atoms with Gasteiger partial charge in [-0.15, -0.1) is 0 Å². The van der Waals surface area contributed by atoms with E-state index in [9.17, 15) is 44.3 Å². The van der Waals surface area contributed by atoms with E-state index in [0.717, 1.165) is 17.0 Å². The topological polar surface area (TPSA) is 51.7 Å². The van der Waals surface area contributed by atoms with Crippen LogP contribution in [-0.2, 0) is 23.3 Å². The van der Waals surface area contributed by atoms with E-state index in [2.05, 4.69) is 4.98 Å². The molecule has 5 rings (SSSR count). The van der Waals surface area contributed by atoms with Crippen LogP contribution in [-0.4, -0.2) is 29.1 Å². The minimum atomic E-state index is -5.13. The predicted octanol–water partition coefficient (Wildman–Crippen LogP) is 9.25. The summed E-state index contributed by atoms with van der Waals surface area (Å²) in [6.07, 6.45) is -15.9. The van der Waals surface area contributed by atoms with E-state index >= 15 is 0 Å². The largest absolute Gasteiger partial charge is 0.481 e. The number of cyclic esters (lactones) is 1. The molecule has 5 nitrogen and oxygen atoms in total. The molecule has 2 fully saturated rings. The molecule has 3 heterocycles. The van der Waals surface area contributed by atoms with E-state index in [-0.39, 0.29) is 52.9 Å². The molecule has 2 aliphatic heterocycles. The van der Waals surface area contributed by atoms with Gasteiger partial charge in [0.15, 0.2) is 0 Å². The highest BCUT2D eigenvalue weighted by Crippen LogP contribution is 2.50. The molecule has 2 aliphatic rings. The number of alkyl halides is 9. The third-order valence-corrected chi connectivity index (χ3v) is 7.64. The van der Waals surface area contributed by atoms with Gasteiger partial charge >= 0.3 is 24.6 Å². The molecule has 43 heavy (non-hydrogen) atoms. The first-order chi connectivity index (χ1) is 20.0. The standard InChI is InChI=1S/C28H20ClF9N2O3/c1-42-24-20(11-17(29)12-39-24)18-6-5-14(26(30,31)32)10-19(18)21-3-2-4-22-23(43-25(41)40(21)22)13-7-15(27(33,34)35)9-16(8-13)28(36,37)38/h5-12,21-23H,2-4H2,1H3/t21-,22-,23+/m0/s1. The molecular weight excluding hydrogens is 619 g/mol. The van der Waals surface area contributed by atoms with Gasteiger partial charge in [-0.05, 0) is 72.4 Å². The summed E-state index contributed by atoms with van der Waals surface area (Å²) in [6.45, 7) is 0. The average Bonchev–Trinajstić information content (AvgIpc) is 3.27. The van der Waals surface area contributed by atoms with Crippen LogP contribution in [0.5, 0.6) is 5.88 Å². The van der Waals surface area contributed by atoms with Crippen LogP contribution in [0.1, 0.15) is 59.2 Å². The molecular formula is C28H20ClF9N2O3. The fourth-order valence-electron chi connectivity index (χ4n) is 5.62. The number of rotatable bonds is 4. The lowest BCUT2D eigenvalue weighted by molar-refractivity contribution is -0.143. The minimum absolute atomic E-state index is 0.000450. The monoisotopic (exact) mass is 638 g/mol. The van der Waals surface area contributed by atoms with Gasteiger partial charge in [-0.1, -0.05) is 17.7 Å². The molecule has 0 aliphatic carbocycles. The maximum absolute atomic E-state index is 13.8. The Morgan fingerprint density at radius 3 is 2.07 bits per heavy atom. The zero-order valence-corrected chi connectivity index (χ0v) is 22.6. The van der Waals surface area contributed by atoms with Gasteiger partial charge in [0.25, 0.3) is 0 Å². The highest BCUT2D eigenvalue weighted by atomic mass is 35.5. The number of pyridine rings is 1. The Morgan fingerprint density at radius 1 is 0.860 bits per heavy atom. The van der Waals surface area contributed by atoms with Crippen molar-refractivity contribution in [3.8, 4) is 17.0 Å². The number of amides is 1. The fourth-order valence-corrected chi connectivity index (χ4v) is 5.78. The molecule has 3 aromatic rings. The molecule has 2 aromatic carbocycles. The second-order valence-corrected chi connectivity index (χ2v) is 10.5. The number of hydrogen-bond acceptors (Lipinski definition) is 4. The van der Waals surface area contributed by atoms with Crippen molar-refractivity contribution in [2.45, 2.75) is 56.0 Å². The first-order valence-electron chi connectivity index (χ1n) is 12.7. The van der Waals surface area contributed by atoms with Gasteiger partial charge in [0.2, 0.25) is 5.88 Å². The lowest BCUT2D eigenvalue weighted by Gasteiger charge is -2.38. The summed E-state index contributed by atoms with van der Waals surface area (Å²) < 4.78 is 133. The second-order valence-electron chi connectivity index (χ2n) is 10.1. The SMILES string of the molecule is COc1ncc(Cl)cc1-c1ccc(C(F)(F)F)cc1[C@@H]1CCC[C@H]2[C@@H](c3cc(C(F)(F)F)cc(C(F)(F)F)c3)OC(=O)N12. The van der Waals surface area contributed by atoms with Crippen LogP contribution in [0.25, 0.3) is 11.1 Å². The van der Waals surface area contributed by atoms with E-state index in [0.29, 0.717) is 12.1 Å². The summed E-state index contributed by atoms with van der Waals surface area (Å²) in [4.78, 5) is 18.4. The maximum atomic E-state index is 13.8. The van der Waals surface area contributed by atoms with Crippen LogP contribution in [0.2, 0.25) is 5.02 Å². The smallest absolute Gasteiger partial charge is 0.416 e. The first-order valence-corrected chi connectivity index (χ1v) is 13.1. The Bertz CT molecular complexity index is 1520. The lowest BCUT2D eigenvalue weighted by Crippen LogP contribution is -2.41. The van der Waals surface area contributed by atoms with Crippen molar-refractivity contribution >= 4 is 17.7 Å². The summed E-state index contributed by atoms with van der Waals surface area (Å²) in [5.74, 6) is 0.0169. The number of aromatic nitrogens is 1. The number of halogens is 10. The maximum Gasteiger partial charge on any atom is 0.416 e. The van der Waals surface area contributed by atoms with Crippen LogP contribution >= 0.6 is 11.6 Å². The molecule has 0 bridgehead atoms. The van der Waals surface area contributed by atoms with Gasteiger partial charge < -0.3 is 9.47 Å². The van der Waals surface area contributed by atoms with E-state index in [1.165, 1.54) is 25.4 Å². The molecule has 0 N–H and O–H groups in total. The number of nitrogens with zero attached hydrogens (tertiary/aromatic N) is 2. The number of benzene rings is 2. The highest BCUT2D eigenvalue weighted by molar-refractivity contribution is 6.30. The molecule has 0 radical (unpaired) electrons. The summed E-state index contributed by atoms with van der Waals surface area (Å²) >= 11 is 6.11. The summed E-state index contributed by atoms with van der Waals surface area (Å²) in [5, 5.41) is 0.133. The zero-order valence-electron chi connectivity index (χ0n) is 21.9. The van der Waals surface area contributed by atoms with Crippen LogP contribution in [0.4, 0.5) is 44.3 Å². The van der Waals surface area contributed by atoms with Crippen molar-refractivity contribution in [1.29, 1.82) is 0 Å². The van der Waals surface area contributed by atoms with Crippen molar-refractivity contribution in [1.82, 2.24) is 9.88 Å². The van der Waals surface area contributed by atoms with Crippen molar-refractivity contribution in [2.24, 2.45) is 0 Å². The molecule has 3 atom stereocenters. The summed E-state index contributed by atoms with van der Waals surface area (Å²) in [7, 11) is 1.28. The molecule has 230 valence electrons. The molecule has 0 spiro atoms. The van der Waals surface area contributed by atoms with Gasteiger partial charge in [0, 0.05) is 11.8 Å². The van der Waals surface area contributed by atoms with Gasteiger partial charge in [0.05, 0.1) is 40.9 Å². The second kappa shape index (κ2) is 10.8. The van der Waals surface area contributed by atoms with E-state index < -0.39 is 65.1 Å². The van der Waals surface area contributed by atoms with Crippen LogP contribution in [0, 0.1) is 0 Å². The van der Waals surface area contributed by atoms with Gasteiger partial charge in [-0.3, -0.25) is 4.90 Å². The average molecular weight is 639 g/mol. The van der Waals surface area contributed by atoms with Crippen LogP contribution in [0.3, 0.4) is 0 Å². The van der Waals surface area contributed by atoms with E-state index in [4.69, 9.17) is 21.1 Å². The van der Waals surface area contributed by atoms with Crippen molar-refractivity contribution < 1.29 is 53.8 Å².